The van der Waals surface area contributed by atoms with Crippen LogP contribution in [0.4, 0.5) is 0 Å². The zero-order chi connectivity index (χ0) is 14.1. The maximum absolute atomic E-state index is 6.45. The van der Waals surface area contributed by atoms with Gasteiger partial charge in [0.15, 0.2) is 0 Å². The number of benzene rings is 2. The second kappa shape index (κ2) is 5.91. The van der Waals surface area contributed by atoms with E-state index in [0.29, 0.717) is 0 Å². The highest BCUT2D eigenvalue weighted by Gasteiger charge is 2.17. The quantitative estimate of drug-likeness (QED) is 0.582. The van der Waals surface area contributed by atoms with Gasteiger partial charge in [-0.2, -0.15) is 0 Å². The fourth-order valence-corrected chi connectivity index (χ4v) is 3.99. The van der Waals surface area contributed by atoms with Crippen molar-refractivity contribution >= 4 is 27.5 Å². The number of aryl methyl sites for hydroxylation is 3. The van der Waals surface area contributed by atoms with E-state index < -0.39 is 0 Å². The molecule has 0 N–H and O–H groups in total. The van der Waals surface area contributed by atoms with Crippen molar-refractivity contribution in [1.29, 1.82) is 0 Å². The van der Waals surface area contributed by atoms with Crippen LogP contribution in [0.3, 0.4) is 0 Å². The molecule has 1 atom stereocenters. The van der Waals surface area contributed by atoms with Crippen LogP contribution in [-0.4, -0.2) is 0 Å². The van der Waals surface area contributed by atoms with E-state index >= 15 is 0 Å². The average Bonchev–Trinajstić information content (AvgIpc) is 2.49. The first-order chi connectivity index (χ1) is 9.66. The van der Waals surface area contributed by atoms with Gasteiger partial charge in [0.25, 0.3) is 0 Å². The van der Waals surface area contributed by atoms with E-state index in [4.69, 9.17) is 11.6 Å². The molecule has 0 bridgehead atoms. The lowest BCUT2D eigenvalue weighted by atomic mass is 9.89. The van der Waals surface area contributed by atoms with Gasteiger partial charge in [-0.25, -0.2) is 0 Å². The number of rotatable bonds is 2. The SMILES string of the molecule is Cc1cccc(C(Br)c2ccc3c(c2)CCCC3)c1Cl. The first-order valence-electron chi connectivity index (χ1n) is 7.17. The van der Waals surface area contributed by atoms with Gasteiger partial charge < -0.3 is 0 Å². The Balaban J connectivity index is 1.98. The fraction of sp³-hybridized carbons (Fsp3) is 0.333. The van der Waals surface area contributed by atoms with Gasteiger partial charge in [0.1, 0.15) is 0 Å². The van der Waals surface area contributed by atoms with E-state index in [0.717, 1.165) is 16.1 Å². The Morgan fingerprint density at radius 3 is 2.60 bits per heavy atom. The second-order valence-electron chi connectivity index (χ2n) is 5.58. The molecule has 0 radical (unpaired) electrons. The summed E-state index contributed by atoms with van der Waals surface area (Å²) in [4.78, 5) is 0.169. The van der Waals surface area contributed by atoms with Crippen molar-refractivity contribution in [2.75, 3.05) is 0 Å². The molecule has 0 aromatic heterocycles. The fourth-order valence-electron chi connectivity index (χ4n) is 2.96. The van der Waals surface area contributed by atoms with Crippen LogP contribution < -0.4 is 0 Å². The number of hydrogen-bond donors (Lipinski definition) is 0. The van der Waals surface area contributed by atoms with E-state index in [2.05, 4.69) is 59.3 Å². The highest BCUT2D eigenvalue weighted by molar-refractivity contribution is 9.09. The molecule has 1 aliphatic carbocycles. The van der Waals surface area contributed by atoms with Crippen LogP contribution in [0, 0.1) is 6.92 Å². The van der Waals surface area contributed by atoms with Gasteiger partial charge in [0, 0.05) is 5.02 Å². The largest absolute Gasteiger partial charge is 0.0837 e. The Morgan fingerprint density at radius 2 is 1.80 bits per heavy atom. The summed E-state index contributed by atoms with van der Waals surface area (Å²) in [6.45, 7) is 2.05. The van der Waals surface area contributed by atoms with Crippen molar-refractivity contribution in [3.8, 4) is 0 Å². The molecule has 0 saturated carbocycles. The first kappa shape index (κ1) is 14.2. The Labute approximate surface area is 134 Å². The topological polar surface area (TPSA) is 0 Å². The maximum Gasteiger partial charge on any atom is 0.0659 e. The third-order valence-electron chi connectivity index (χ3n) is 4.16. The average molecular weight is 350 g/mol. The van der Waals surface area contributed by atoms with E-state index in [-0.39, 0.29) is 4.83 Å². The van der Waals surface area contributed by atoms with Crippen LogP contribution in [0.25, 0.3) is 0 Å². The number of halogens is 2. The van der Waals surface area contributed by atoms with E-state index in [1.54, 1.807) is 0 Å². The molecule has 0 spiro atoms. The summed E-state index contributed by atoms with van der Waals surface area (Å²) in [6, 6.07) is 13.1. The van der Waals surface area contributed by atoms with Crippen LogP contribution >= 0.6 is 27.5 Å². The van der Waals surface area contributed by atoms with Crippen LogP contribution in [0.5, 0.6) is 0 Å². The summed E-state index contributed by atoms with van der Waals surface area (Å²) in [6.07, 6.45) is 5.08. The summed E-state index contributed by atoms with van der Waals surface area (Å²) < 4.78 is 0. The highest BCUT2D eigenvalue weighted by atomic mass is 79.9. The van der Waals surface area contributed by atoms with Crippen molar-refractivity contribution in [3.63, 3.8) is 0 Å². The molecule has 0 amide bonds. The third kappa shape index (κ3) is 2.66. The molecule has 2 aromatic rings. The summed E-state index contributed by atoms with van der Waals surface area (Å²) in [5.74, 6) is 0. The van der Waals surface area contributed by atoms with Gasteiger partial charge in [-0.15, -0.1) is 0 Å². The molecule has 2 aromatic carbocycles. The summed E-state index contributed by atoms with van der Waals surface area (Å²) >= 11 is 10.3. The monoisotopic (exact) mass is 348 g/mol. The Kier molecular flexibility index (Phi) is 4.18. The number of alkyl halides is 1. The molecule has 0 fully saturated rings. The zero-order valence-electron chi connectivity index (χ0n) is 11.6. The van der Waals surface area contributed by atoms with Crippen LogP contribution in [0.2, 0.25) is 5.02 Å². The molecule has 1 aliphatic rings. The van der Waals surface area contributed by atoms with Gasteiger partial charge in [-0.1, -0.05) is 63.9 Å². The van der Waals surface area contributed by atoms with Gasteiger partial charge >= 0.3 is 0 Å². The van der Waals surface area contributed by atoms with E-state index in [9.17, 15) is 0 Å². The molecule has 0 saturated heterocycles. The molecule has 1 unspecified atom stereocenters. The maximum atomic E-state index is 6.45. The van der Waals surface area contributed by atoms with Crippen molar-refractivity contribution in [2.24, 2.45) is 0 Å². The molecule has 0 aliphatic heterocycles. The predicted molar refractivity (Wildman–Crippen MR) is 90.0 cm³/mol. The van der Waals surface area contributed by atoms with Crippen molar-refractivity contribution in [1.82, 2.24) is 0 Å². The lowest BCUT2D eigenvalue weighted by molar-refractivity contribution is 0.684. The van der Waals surface area contributed by atoms with E-state index in [1.165, 1.54) is 42.4 Å². The summed E-state index contributed by atoms with van der Waals surface area (Å²) in [5.41, 5.74) is 6.63. The van der Waals surface area contributed by atoms with Crippen molar-refractivity contribution in [2.45, 2.75) is 37.4 Å². The third-order valence-corrected chi connectivity index (χ3v) is 5.70. The standard InChI is InChI=1S/C18H18BrCl/c1-12-5-4-8-16(18(12)20)17(19)15-10-9-13-6-2-3-7-14(13)11-15/h4-5,8-11,17H,2-3,6-7H2,1H3. The molecular formula is C18H18BrCl. The van der Waals surface area contributed by atoms with Crippen LogP contribution in [0.1, 0.15) is 45.5 Å². The summed E-state index contributed by atoms with van der Waals surface area (Å²) in [7, 11) is 0. The number of fused-ring (bicyclic) bond motifs is 1. The minimum atomic E-state index is 0.169. The lowest BCUT2D eigenvalue weighted by Gasteiger charge is -2.19. The van der Waals surface area contributed by atoms with Gasteiger partial charge in [0.2, 0.25) is 0 Å². The summed E-state index contributed by atoms with van der Waals surface area (Å²) in [5, 5.41) is 0.868. The minimum Gasteiger partial charge on any atom is -0.0837 e. The Bertz CT molecular complexity index is 633. The molecule has 3 rings (SSSR count). The number of hydrogen-bond acceptors (Lipinski definition) is 0. The van der Waals surface area contributed by atoms with Crippen LogP contribution in [-0.2, 0) is 12.8 Å². The smallest absolute Gasteiger partial charge is 0.0659 e. The predicted octanol–water partition coefficient (Wildman–Crippen LogP) is 6.01. The molecule has 20 heavy (non-hydrogen) atoms. The molecule has 104 valence electrons. The Morgan fingerprint density at radius 1 is 1.05 bits per heavy atom. The van der Waals surface area contributed by atoms with Crippen molar-refractivity contribution in [3.05, 3.63) is 69.2 Å². The first-order valence-corrected chi connectivity index (χ1v) is 8.47. The van der Waals surface area contributed by atoms with Gasteiger partial charge in [0.05, 0.1) is 4.83 Å². The minimum absolute atomic E-state index is 0.169. The molecular weight excluding hydrogens is 332 g/mol. The second-order valence-corrected chi connectivity index (χ2v) is 6.87. The molecule has 0 nitrogen and oxygen atoms in total. The zero-order valence-corrected chi connectivity index (χ0v) is 14.0. The Hall–Kier alpha value is -0.790. The highest BCUT2D eigenvalue weighted by Crippen LogP contribution is 2.37. The lowest BCUT2D eigenvalue weighted by Crippen LogP contribution is -2.04. The van der Waals surface area contributed by atoms with Gasteiger partial charge in [-0.05, 0) is 60.4 Å². The van der Waals surface area contributed by atoms with Gasteiger partial charge in [-0.3, -0.25) is 0 Å². The normalized spacial score (nSPS) is 15.8. The van der Waals surface area contributed by atoms with Crippen molar-refractivity contribution < 1.29 is 0 Å². The molecule has 0 heterocycles. The van der Waals surface area contributed by atoms with E-state index in [1.807, 2.05) is 0 Å². The molecule has 2 heteroatoms. The van der Waals surface area contributed by atoms with Crippen LogP contribution in [0.15, 0.2) is 36.4 Å².